The van der Waals surface area contributed by atoms with Crippen molar-refractivity contribution in [1.29, 1.82) is 0 Å². The Kier molecular flexibility index (Phi) is 7.65. The van der Waals surface area contributed by atoms with Gasteiger partial charge in [-0.15, -0.1) is 0 Å². The molecule has 0 saturated heterocycles. The molecule has 0 aromatic heterocycles. The minimum atomic E-state index is -1.19. The maximum absolute atomic E-state index is 10.2. The van der Waals surface area contributed by atoms with Crippen LogP contribution in [0.25, 0.3) is 241 Å². The summed E-state index contributed by atoms with van der Waals surface area (Å²) in [5.41, 5.74) is -20.9. The monoisotopic (exact) mass is 1730 g/mol. The van der Waals surface area contributed by atoms with Crippen LogP contribution in [0.3, 0.4) is 0 Å². The van der Waals surface area contributed by atoms with Crippen LogP contribution in [0.4, 0.5) is 0 Å². The van der Waals surface area contributed by atoms with E-state index in [-0.39, 0.29) is 0 Å². The lowest BCUT2D eigenvalue weighted by Gasteiger charge is -2.20. The zero-order valence-electron chi connectivity index (χ0n) is 151. The zero-order valence-corrected chi connectivity index (χ0v) is 65.0. The van der Waals surface area contributed by atoms with E-state index >= 15 is 0 Å². The van der Waals surface area contributed by atoms with E-state index < -0.39 is 761 Å². The van der Waals surface area contributed by atoms with E-state index in [9.17, 15) is 32.9 Å². The Bertz CT molecular complexity index is 14100. The molecule has 0 spiro atoms. The lowest BCUT2D eigenvalue weighted by Crippen LogP contribution is -1.93. The van der Waals surface area contributed by atoms with E-state index in [4.69, 9.17) is 85.0 Å². The number of hydrogen-bond acceptors (Lipinski definition) is 0. The summed E-state index contributed by atoms with van der Waals surface area (Å²) in [6.07, 6.45) is 0. The molecule has 0 nitrogen and oxygen atoms in total. The smallest absolute Gasteiger partial charge is 0.0622 e. The van der Waals surface area contributed by atoms with E-state index in [1.165, 1.54) is 0 Å². The summed E-state index contributed by atoms with van der Waals surface area (Å²) in [7, 11) is 0. The average Bonchev–Trinajstić information content (AvgIpc) is 0.678. The van der Waals surface area contributed by atoms with Crippen LogP contribution in [-0.2, 0) is 0 Å². The highest BCUT2D eigenvalue weighted by molar-refractivity contribution is 6.27. The van der Waals surface area contributed by atoms with Crippen LogP contribution < -0.4 is 0 Å². The molecule has 0 heterocycles. The van der Waals surface area contributed by atoms with E-state index in [1.54, 1.807) is 0 Å². The van der Waals surface area contributed by atoms with Crippen LogP contribution in [0.15, 0.2) is 520 Å². The summed E-state index contributed by atoms with van der Waals surface area (Å²) < 4.78 is 771. The van der Waals surface area contributed by atoms with Crippen molar-refractivity contribution in [2.75, 3.05) is 0 Å². The quantitative estimate of drug-likeness (QED) is 0.107. The van der Waals surface area contributed by atoms with Gasteiger partial charge in [-0.25, -0.2) is 0 Å². The van der Waals surface area contributed by atoms with Crippen LogP contribution in [0, 0.1) is 0 Å². The Morgan fingerprint density at radius 1 is 0.0923 bits per heavy atom. The van der Waals surface area contributed by atoms with E-state index in [1.807, 2.05) is 0 Å². The van der Waals surface area contributed by atoms with E-state index in [0.717, 1.165) is 0 Å². The topological polar surface area (TPSA) is 0 Å². The fourth-order valence-electron chi connectivity index (χ4n) is 14.8. The fourth-order valence-corrected chi connectivity index (χ4v) is 14.8. The molecule has 130 heavy (non-hydrogen) atoms. The van der Waals surface area contributed by atoms with Crippen LogP contribution in [0.2, 0.25) is 0 Å². The number of benzene rings is 25. The molecule has 0 heteroatoms. The van der Waals surface area contributed by atoms with Crippen molar-refractivity contribution in [2.24, 2.45) is 0 Å². The maximum Gasteiger partial charge on any atom is 0.0636 e. The highest BCUT2D eigenvalue weighted by Crippen LogP contribution is 2.52. The molecular formula is C130H86. The number of fused-ring (bicyclic) bond motifs is 10. The standard InChI is InChI=1S/C46H30.2C42H28/c1-3-14-32(15-4-1)43-30-36(28-34-19-8-10-22-39(34)43)46-41-24-12-11-23-40(41)45(33-17-5-2-6-18-33)44-29-35(26-27-42(44)46)38-25-13-20-31-16-7-9-21-37(31)38;1-4-14-29(15-5-1)32-24-25-38-40(27-32)41(31-18-8-3-9-19-31)36-22-12-13-23-37(36)42(38)34-26-33-20-10-11-21-35(33)39(28-34)30-16-6-2-7-17-30;1-4-14-29(15-5-1)32-24-25-38-40(27-32)42(37-23-13-12-22-36(37)41(38)31-18-8-3-9-19-31)34-26-33-20-10-11-21-35(33)39(28-34)30-16-6-2-7-17-30/h1-30H;2*1-28H/i1D,2D,3D,4D,5D,6D,7D,8D,9D,10D,11D,12D,13D,14D,15D,16D,17D,18D,19D,20D,21D,22D,23D,24D,25D,26D,27D,28D,29D,30D;2*1D,2D,3D,4D,5D,6D,7D,8D,9D,10D,11D,12D,13D,14D,15D,16D,17D,18D,19D,20D,21D,22D,23D,24D,25D,26D,27D,28D. The molecule has 25 aromatic carbocycles. The largest absolute Gasteiger partial charge is 0.0636 e. The van der Waals surface area contributed by atoms with Crippen molar-refractivity contribution in [2.45, 2.75) is 0 Å². The van der Waals surface area contributed by atoms with Gasteiger partial charge in [-0.3, -0.25) is 0 Å². The molecule has 0 bridgehead atoms. The Morgan fingerprint density at radius 2 is 0.292 bits per heavy atom. The molecule has 0 atom stereocenters. The Balaban J connectivity index is 0.000000164. The SMILES string of the molecule is [2H]c1c([2H])c([2H])c(-c2c([2H])c(-c3c4c([2H])c([2H])c([2H])c([2H])c4c(-c4c([2H])c([2H])c([2H])c([2H])c4[2H])c4c([2H])c(-c5c([2H])c([2H])c([2H])c6c([2H])c([2H])c([2H])c([2H])c56)c([2H])c([2H])c34)c([2H])c3c([2H])c([2H])c([2H])c([2H])c23)c([2H])c1[2H].[2H]c1c([2H])c([2H])c(-c2c([2H])c([2H])c3c(-c4c([2H])c(-c5c([2H])c([2H])c([2H])c([2H])c5[2H])c5c([2H])c([2H])c([2H])c([2H])c5c4[2H])c4c([2H])c([2H])c([2H])c([2H])c4c(-c4c([2H])c([2H])c([2H])c([2H])c4[2H])c3c2[2H])c([2H])c1[2H].[2H]c1c([2H])c([2H])c(-c2c([2H])c([2H])c3c(-c4c([2H])c([2H])c([2H])c([2H])c4[2H])c4c([2H])c([2H])c([2H])c([2H])c4c(-c4c([2H])c(-c5c([2H])c([2H])c([2H])c([2H])c5[2H])c5c([2H])c([2H])c([2H])c([2H])c5c4[2H])c3c2[2H])c([2H])c1[2H]. The summed E-state index contributed by atoms with van der Waals surface area (Å²) in [6, 6.07) is -87.4. The van der Waals surface area contributed by atoms with Gasteiger partial charge < -0.3 is 0 Å². The van der Waals surface area contributed by atoms with Crippen LogP contribution >= 0.6 is 0 Å². The minimum Gasteiger partial charge on any atom is -0.0622 e. The van der Waals surface area contributed by atoms with Gasteiger partial charge in [0.25, 0.3) is 0 Å². The fraction of sp³-hybridized carbons (Fsp3) is 0. The van der Waals surface area contributed by atoms with Crippen molar-refractivity contribution < 1.29 is 118 Å². The molecule has 0 aliphatic rings. The van der Waals surface area contributed by atoms with E-state index in [0.29, 0.717) is 0 Å². The zero-order chi connectivity index (χ0) is 161. The van der Waals surface area contributed by atoms with Gasteiger partial charge in [0.1, 0.15) is 0 Å². The Morgan fingerprint density at radius 3 is 0.600 bits per heavy atom. The minimum absolute atomic E-state index is 0.676. The Labute approximate surface area is 878 Å². The number of hydrogen-bond donors (Lipinski definition) is 0. The van der Waals surface area contributed by atoms with Gasteiger partial charge in [0.2, 0.25) is 0 Å². The first-order chi connectivity index (χ1) is 100. The highest BCUT2D eigenvalue weighted by atomic mass is 14.3. The molecule has 606 valence electrons. The van der Waals surface area contributed by atoms with Crippen LogP contribution in [0.1, 0.15) is 118 Å². The molecule has 0 saturated carbocycles. The van der Waals surface area contributed by atoms with Crippen LogP contribution in [0.5, 0.6) is 0 Å². The first kappa shape index (κ1) is 29.1. The number of rotatable bonds is 12. The second-order valence-electron chi connectivity index (χ2n) is 27.2. The summed E-state index contributed by atoms with van der Waals surface area (Å²) in [6.45, 7) is 0. The molecule has 0 radical (unpaired) electrons. The van der Waals surface area contributed by atoms with Crippen molar-refractivity contribution >= 4 is 108 Å². The molecule has 0 fully saturated rings. The molecule has 0 N–H and O–H groups in total. The molecule has 25 aromatic rings. The molecule has 0 aliphatic heterocycles. The molecule has 0 amide bonds. The summed E-state index contributed by atoms with van der Waals surface area (Å²) >= 11 is 0. The predicted octanol–water partition coefficient (Wildman–Crippen LogP) is 36.6. The van der Waals surface area contributed by atoms with Gasteiger partial charge in [0.15, 0.2) is 0 Å². The molecular weight excluding hydrogens is 1560 g/mol. The normalized spacial score (nSPS) is 20.6. The average molecular weight is 1730 g/mol. The third-order valence-corrected chi connectivity index (χ3v) is 20.1. The van der Waals surface area contributed by atoms with Gasteiger partial charge in [-0.2, -0.15) is 0 Å². The lowest BCUT2D eigenvalue weighted by molar-refractivity contribution is 1.62. The second-order valence-corrected chi connectivity index (χ2v) is 27.2. The molecule has 0 unspecified atom stereocenters. The van der Waals surface area contributed by atoms with Gasteiger partial charge in [-0.05, 0) is 296 Å². The summed E-state index contributed by atoms with van der Waals surface area (Å²) in [4.78, 5) is 0. The van der Waals surface area contributed by atoms with Crippen molar-refractivity contribution in [3.8, 4) is 134 Å². The van der Waals surface area contributed by atoms with Crippen molar-refractivity contribution in [1.82, 2.24) is 0 Å². The first-order valence-corrected chi connectivity index (χ1v) is 38.0. The van der Waals surface area contributed by atoms with Gasteiger partial charge in [0, 0.05) is 0 Å². The third kappa shape index (κ3) is 14.5. The molecule has 0 aliphatic carbocycles. The van der Waals surface area contributed by atoms with Crippen molar-refractivity contribution in [3.63, 3.8) is 0 Å². The summed E-state index contributed by atoms with van der Waals surface area (Å²) in [5, 5.41) is -16.2. The molecule has 25 rings (SSSR count). The first-order valence-electron chi connectivity index (χ1n) is 81.0. The van der Waals surface area contributed by atoms with Gasteiger partial charge >= 0.3 is 0 Å². The lowest BCUT2D eigenvalue weighted by atomic mass is 9.83. The van der Waals surface area contributed by atoms with E-state index in [2.05, 4.69) is 0 Å². The van der Waals surface area contributed by atoms with Crippen LogP contribution in [-0.4, -0.2) is 0 Å². The van der Waals surface area contributed by atoms with Gasteiger partial charge in [-0.1, -0.05) is 465 Å². The third-order valence-electron chi connectivity index (χ3n) is 20.1. The second kappa shape index (κ2) is 34.2. The summed E-state index contributed by atoms with van der Waals surface area (Å²) in [5.74, 6) is 0. The van der Waals surface area contributed by atoms with Gasteiger partial charge in [0.05, 0.1) is 118 Å². The highest BCUT2D eigenvalue weighted by Gasteiger charge is 2.25. The predicted molar refractivity (Wildman–Crippen MR) is 560 cm³/mol. The maximum atomic E-state index is 10.2. The van der Waals surface area contributed by atoms with Crippen molar-refractivity contribution in [3.05, 3.63) is 520 Å². The Hall–Kier alpha value is -16.9.